The monoisotopic (exact) mass is 224 g/mol. The summed E-state index contributed by atoms with van der Waals surface area (Å²) in [6.07, 6.45) is 1.66. The smallest absolute Gasteiger partial charge is 0.209 e. The molecule has 5 nitrogen and oxygen atoms in total. The Morgan fingerprint density at radius 3 is 2.81 bits per heavy atom. The third-order valence-corrected chi connectivity index (χ3v) is 2.12. The van der Waals surface area contributed by atoms with Crippen molar-refractivity contribution < 1.29 is 4.42 Å². The fraction of sp³-hybridized carbons (Fsp3) is 0.545. The van der Waals surface area contributed by atoms with Crippen molar-refractivity contribution in [1.82, 2.24) is 10.3 Å². The van der Waals surface area contributed by atoms with Gasteiger partial charge < -0.3 is 9.32 Å². The van der Waals surface area contributed by atoms with Gasteiger partial charge in [0.25, 0.3) is 0 Å². The van der Waals surface area contributed by atoms with E-state index in [2.05, 4.69) is 17.3 Å². The van der Waals surface area contributed by atoms with Gasteiger partial charge in [-0.25, -0.2) is 10.8 Å². The second-order valence-electron chi connectivity index (χ2n) is 3.78. The number of aliphatic imine (C=N–C) groups is 1. The molecule has 0 atom stereocenters. The lowest BCUT2D eigenvalue weighted by Gasteiger charge is -2.23. The number of guanidine groups is 1. The predicted octanol–water partition coefficient (Wildman–Crippen LogP) is 1.33. The predicted molar refractivity (Wildman–Crippen MR) is 64.7 cm³/mol. The molecule has 0 amide bonds. The average Bonchev–Trinajstić information content (AvgIpc) is 2.75. The molecule has 0 spiro atoms. The van der Waals surface area contributed by atoms with Crippen molar-refractivity contribution >= 4 is 5.96 Å². The van der Waals surface area contributed by atoms with Crippen LogP contribution in [0.4, 0.5) is 0 Å². The highest BCUT2D eigenvalue weighted by Crippen LogP contribution is 2.05. The zero-order valence-corrected chi connectivity index (χ0v) is 10.1. The van der Waals surface area contributed by atoms with Crippen molar-refractivity contribution in [2.24, 2.45) is 10.8 Å². The topological polar surface area (TPSA) is 66.8 Å². The number of nitrogens with one attached hydrogen (secondary N) is 1. The Labute approximate surface area is 96.3 Å². The molecular weight excluding hydrogens is 204 g/mol. The number of hydrogen-bond acceptors (Lipinski definition) is 3. The maximum absolute atomic E-state index is 5.47. The molecule has 5 heteroatoms. The van der Waals surface area contributed by atoms with Crippen LogP contribution in [0.5, 0.6) is 0 Å². The first kappa shape index (κ1) is 12.6. The summed E-state index contributed by atoms with van der Waals surface area (Å²) in [4.78, 5) is 6.44. The number of hydrazine groups is 1. The highest BCUT2D eigenvalue weighted by Gasteiger charge is 2.10. The van der Waals surface area contributed by atoms with Gasteiger partial charge in [-0.15, -0.1) is 0 Å². The highest BCUT2D eigenvalue weighted by atomic mass is 16.3. The Morgan fingerprint density at radius 1 is 1.62 bits per heavy atom. The van der Waals surface area contributed by atoms with Gasteiger partial charge in [-0.1, -0.05) is 0 Å². The van der Waals surface area contributed by atoms with Crippen molar-refractivity contribution in [2.75, 3.05) is 6.54 Å². The third-order valence-electron chi connectivity index (χ3n) is 2.12. The number of furan rings is 1. The van der Waals surface area contributed by atoms with Gasteiger partial charge in [-0.05, 0) is 32.9 Å². The van der Waals surface area contributed by atoms with E-state index in [0.717, 1.165) is 12.3 Å². The second kappa shape index (κ2) is 6.17. The van der Waals surface area contributed by atoms with Crippen molar-refractivity contribution in [3.8, 4) is 0 Å². The summed E-state index contributed by atoms with van der Waals surface area (Å²) >= 11 is 0. The number of nitrogens with two attached hydrogens (primary N) is 1. The summed E-state index contributed by atoms with van der Waals surface area (Å²) in [5, 5.41) is 0. The lowest BCUT2D eigenvalue weighted by atomic mass is 10.4. The molecule has 0 radical (unpaired) electrons. The molecule has 1 aromatic rings. The first-order valence-electron chi connectivity index (χ1n) is 5.49. The molecule has 0 bridgehead atoms. The van der Waals surface area contributed by atoms with E-state index in [9.17, 15) is 0 Å². The fourth-order valence-electron chi connectivity index (χ4n) is 1.38. The van der Waals surface area contributed by atoms with Gasteiger partial charge in [-0.2, -0.15) is 0 Å². The van der Waals surface area contributed by atoms with Crippen LogP contribution in [0.15, 0.2) is 27.8 Å². The molecule has 0 aliphatic rings. The first-order chi connectivity index (χ1) is 7.67. The van der Waals surface area contributed by atoms with Gasteiger partial charge in [0.05, 0.1) is 12.8 Å². The lowest BCUT2D eigenvalue weighted by molar-refractivity contribution is 0.363. The molecule has 0 saturated carbocycles. The molecule has 3 N–H and O–H groups in total. The van der Waals surface area contributed by atoms with Crippen LogP contribution in [-0.2, 0) is 6.54 Å². The van der Waals surface area contributed by atoms with E-state index in [1.807, 2.05) is 30.9 Å². The molecule has 1 rings (SSSR count). The highest BCUT2D eigenvalue weighted by molar-refractivity contribution is 5.79. The molecule has 1 aromatic heterocycles. The van der Waals surface area contributed by atoms with Crippen LogP contribution in [0.1, 0.15) is 26.5 Å². The van der Waals surface area contributed by atoms with E-state index in [1.54, 1.807) is 6.26 Å². The maximum atomic E-state index is 5.47. The van der Waals surface area contributed by atoms with Crippen molar-refractivity contribution in [3.63, 3.8) is 0 Å². The molecule has 0 fully saturated rings. The summed E-state index contributed by atoms with van der Waals surface area (Å²) in [5.74, 6) is 7.06. The van der Waals surface area contributed by atoms with Crippen LogP contribution < -0.4 is 11.3 Å². The Morgan fingerprint density at radius 2 is 2.38 bits per heavy atom. The van der Waals surface area contributed by atoms with E-state index in [4.69, 9.17) is 10.3 Å². The SMILES string of the molecule is CCN(Cc1ccco1)C(=NC(C)C)NN. The maximum Gasteiger partial charge on any atom is 0.209 e. The second-order valence-corrected chi connectivity index (χ2v) is 3.78. The quantitative estimate of drug-likeness (QED) is 0.350. The number of nitrogens with zero attached hydrogens (tertiary/aromatic N) is 2. The van der Waals surface area contributed by atoms with E-state index in [0.29, 0.717) is 12.5 Å². The third kappa shape index (κ3) is 3.58. The van der Waals surface area contributed by atoms with Crippen LogP contribution in [-0.4, -0.2) is 23.4 Å². The molecular formula is C11H20N4O. The summed E-state index contributed by atoms with van der Waals surface area (Å²) in [7, 11) is 0. The largest absolute Gasteiger partial charge is 0.467 e. The Kier molecular flexibility index (Phi) is 4.85. The Hall–Kier alpha value is -1.49. The van der Waals surface area contributed by atoms with Gasteiger partial charge in [-0.3, -0.25) is 5.43 Å². The minimum absolute atomic E-state index is 0.205. The van der Waals surface area contributed by atoms with Gasteiger partial charge >= 0.3 is 0 Å². The zero-order chi connectivity index (χ0) is 12.0. The summed E-state index contributed by atoms with van der Waals surface area (Å²) in [6, 6.07) is 4.02. The van der Waals surface area contributed by atoms with Crippen LogP contribution in [0.3, 0.4) is 0 Å². The summed E-state index contributed by atoms with van der Waals surface area (Å²) in [6.45, 7) is 7.56. The van der Waals surface area contributed by atoms with E-state index < -0.39 is 0 Å². The average molecular weight is 224 g/mol. The molecule has 0 aliphatic heterocycles. The summed E-state index contributed by atoms with van der Waals surface area (Å²) in [5.41, 5.74) is 2.63. The van der Waals surface area contributed by atoms with Gasteiger partial charge in [0.1, 0.15) is 5.76 Å². The standard InChI is InChI=1S/C11H20N4O/c1-4-15(8-10-6-5-7-16-10)11(14-12)13-9(2)3/h5-7,9H,4,8,12H2,1-3H3,(H,13,14). The van der Waals surface area contributed by atoms with E-state index in [-0.39, 0.29) is 6.04 Å². The number of hydrogen-bond donors (Lipinski definition) is 2. The van der Waals surface area contributed by atoms with Crippen LogP contribution in [0.2, 0.25) is 0 Å². The van der Waals surface area contributed by atoms with Crippen LogP contribution >= 0.6 is 0 Å². The van der Waals surface area contributed by atoms with Crippen LogP contribution in [0, 0.1) is 0 Å². The molecule has 0 aliphatic carbocycles. The van der Waals surface area contributed by atoms with Crippen molar-refractivity contribution in [1.29, 1.82) is 0 Å². The summed E-state index contributed by atoms with van der Waals surface area (Å²) < 4.78 is 5.30. The Balaban J connectivity index is 2.72. The molecule has 1 heterocycles. The normalized spacial score (nSPS) is 11.9. The first-order valence-corrected chi connectivity index (χ1v) is 5.49. The number of rotatable bonds is 4. The van der Waals surface area contributed by atoms with E-state index in [1.165, 1.54) is 0 Å². The zero-order valence-electron chi connectivity index (χ0n) is 10.1. The molecule has 0 saturated heterocycles. The minimum Gasteiger partial charge on any atom is -0.467 e. The van der Waals surface area contributed by atoms with Crippen molar-refractivity contribution in [3.05, 3.63) is 24.2 Å². The molecule has 0 unspecified atom stereocenters. The van der Waals surface area contributed by atoms with Crippen LogP contribution in [0.25, 0.3) is 0 Å². The van der Waals surface area contributed by atoms with E-state index >= 15 is 0 Å². The van der Waals surface area contributed by atoms with Gasteiger partial charge in [0.15, 0.2) is 0 Å². The Bertz CT molecular complexity index is 319. The van der Waals surface area contributed by atoms with Crippen molar-refractivity contribution in [2.45, 2.75) is 33.4 Å². The van der Waals surface area contributed by atoms with Gasteiger partial charge in [0.2, 0.25) is 5.96 Å². The fourth-order valence-corrected chi connectivity index (χ4v) is 1.38. The molecule has 0 aromatic carbocycles. The minimum atomic E-state index is 0.205. The molecule has 16 heavy (non-hydrogen) atoms. The molecule has 90 valence electrons. The van der Waals surface area contributed by atoms with Gasteiger partial charge in [0, 0.05) is 12.6 Å². The lowest BCUT2D eigenvalue weighted by Crippen LogP contribution is -2.44.